The normalized spacial score (nSPS) is 14.9. The van der Waals surface area contributed by atoms with Crippen molar-refractivity contribution in [2.24, 2.45) is 0 Å². The molecule has 2 heterocycles. The molecule has 0 aliphatic rings. The molecular formula is C21H34N4O2. The summed E-state index contributed by atoms with van der Waals surface area (Å²) in [7, 11) is 0. The summed E-state index contributed by atoms with van der Waals surface area (Å²) in [5.41, 5.74) is 1.48. The summed E-state index contributed by atoms with van der Waals surface area (Å²) in [5.74, 6) is -0.133. The number of carbonyl (C=O) groups excluding carboxylic acids is 1. The maximum atomic E-state index is 12.6. The number of anilines is 1. The van der Waals surface area contributed by atoms with Gasteiger partial charge in [-0.15, -0.1) is 0 Å². The number of rotatable bonds is 10. The molecule has 0 aromatic carbocycles. The van der Waals surface area contributed by atoms with Gasteiger partial charge in [0.1, 0.15) is 5.65 Å². The van der Waals surface area contributed by atoms with E-state index in [0.29, 0.717) is 5.56 Å². The second-order valence-electron chi connectivity index (χ2n) is 7.83. The molecule has 0 bridgehead atoms. The Balaban J connectivity index is 2.20. The first-order valence-electron chi connectivity index (χ1n) is 10.1. The third kappa shape index (κ3) is 5.45. The van der Waals surface area contributed by atoms with E-state index in [-0.39, 0.29) is 18.0 Å². The molecule has 0 saturated carbocycles. The fourth-order valence-electron chi connectivity index (χ4n) is 3.42. The largest absolute Gasteiger partial charge is 0.390 e. The summed E-state index contributed by atoms with van der Waals surface area (Å²) in [6.07, 6.45) is 7.55. The predicted molar refractivity (Wildman–Crippen MR) is 111 cm³/mol. The summed E-state index contributed by atoms with van der Waals surface area (Å²) in [6.45, 7) is 10.1. The number of aromatic amines is 1. The number of nitrogens with zero attached hydrogens (tertiary/aromatic N) is 1. The van der Waals surface area contributed by atoms with Crippen LogP contribution in [0.1, 0.15) is 77.1 Å². The zero-order chi connectivity index (χ0) is 20.0. The van der Waals surface area contributed by atoms with Crippen LogP contribution in [-0.4, -0.2) is 38.7 Å². The average molecular weight is 375 g/mol. The van der Waals surface area contributed by atoms with Crippen molar-refractivity contribution in [3.8, 4) is 0 Å². The molecule has 2 rings (SSSR count). The number of pyridine rings is 1. The van der Waals surface area contributed by atoms with Crippen molar-refractivity contribution >= 4 is 22.6 Å². The monoisotopic (exact) mass is 374 g/mol. The van der Waals surface area contributed by atoms with Crippen molar-refractivity contribution in [3.63, 3.8) is 0 Å². The van der Waals surface area contributed by atoms with Crippen molar-refractivity contribution in [2.75, 3.05) is 5.32 Å². The van der Waals surface area contributed by atoms with Gasteiger partial charge in [-0.25, -0.2) is 4.98 Å². The maximum absolute atomic E-state index is 12.6. The van der Waals surface area contributed by atoms with Crippen LogP contribution in [-0.2, 0) is 0 Å². The van der Waals surface area contributed by atoms with Gasteiger partial charge >= 0.3 is 0 Å². The molecule has 6 nitrogen and oxygen atoms in total. The Morgan fingerprint density at radius 1 is 1.30 bits per heavy atom. The minimum Gasteiger partial charge on any atom is -0.390 e. The molecular weight excluding hydrogens is 340 g/mol. The van der Waals surface area contributed by atoms with Gasteiger partial charge in [0.05, 0.1) is 16.9 Å². The van der Waals surface area contributed by atoms with Crippen molar-refractivity contribution < 1.29 is 9.90 Å². The molecule has 2 aromatic heterocycles. The molecule has 0 aliphatic carbocycles. The Morgan fingerprint density at radius 3 is 2.67 bits per heavy atom. The second kappa shape index (κ2) is 9.22. The molecule has 0 radical (unpaired) electrons. The van der Waals surface area contributed by atoms with Gasteiger partial charge in [0.15, 0.2) is 0 Å². The van der Waals surface area contributed by atoms with Gasteiger partial charge in [-0.3, -0.25) is 4.79 Å². The molecule has 0 saturated heterocycles. The molecule has 0 fully saturated rings. The highest BCUT2D eigenvalue weighted by molar-refractivity contribution is 6.06. The smallest absolute Gasteiger partial charge is 0.255 e. The summed E-state index contributed by atoms with van der Waals surface area (Å²) in [5, 5.41) is 18.1. The topological polar surface area (TPSA) is 90.0 Å². The van der Waals surface area contributed by atoms with E-state index in [1.165, 1.54) is 0 Å². The van der Waals surface area contributed by atoms with E-state index in [0.717, 1.165) is 48.8 Å². The first kappa shape index (κ1) is 21.2. The zero-order valence-electron chi connectivity index (χ0n) is 17.2. The Bertz CT molecular complexity index is 756. The summed E-state index contributed by atoms with van der Waals surface area (Å²) < 4.78 is 0. The van der Waals surface area contributed by atoms with E-state index < -0.39 is 5.60 Å². The Labute approximate surface area is 162 Å². The van der Waals surface area contributed by atoms with E-state index >= 15 is 0 Å². The van der Waals surface area contributed by atoms with Gasteiger partial charge in [-0.2, -0.15) is 0 Å². The van der Waals surface area contributed by atoms with Gasteiger partial charge in [0.2, 0.25) is 0 Å². The third-order valence-corrected chi connectivity index (χ3v) is 5.06. The van der Waals surface area contributed by atoms with E-state index in [4.69, 9.17) is 0 Å². The van der Waals surface area contributed by atoms with Crippen LogP contribution in [0, 0.1) is 0 Å². The standard InChI is InChI=1S/C21H34N4O2/c1-6-10-21(27,7-2)11-8-15(5)25-18-16-9-12-22-19(16)23-13-17(18)20(26)24-14(3)4/h9,12-15,27H,6-8,10-11H2,1-5H3,(H,24,26)(H2,22,23,25)/t15-,21-/m0/s1. The van der Waals surface area contributed by atoms with Gasteiger partial charge in [0.25, 0.3) is 5.91 Å². The Morgan fingerprint density at radius 2 is 2.04 bits per heavy atom. The molecule has 1 amide bonds. The first-order chi connectivity index (χ1) is 12.8. The van der Waals surface area contributed by atoms with Crippen LogP contribution >= 0.6 is 0 Å². The molecule has 150 valence electrons. The van der Waals surface area contributed by atoms with Gasteiger partial charge in [-0.1, -0.05) is 20.3 Å². The number of aromatic nitrogens is 2. The van der Waals surface area contributed by atoms with Crippen LogP contribution < -0.4 is 10.6 Å². The lowest BCUT2D eigenvalue weighted by molar-refractivity contribution is 0.0155. The molecule has 6 heteroatoms. The highest BCUT2D eigenvalue weighted by atomic mass is 16.3. The first-order valence-corrected chi connectivity index (χ1v) is 10.1. The van der Waals surface area contributed by atoms with Gasteiger partial charge in [-0.05, 0) is 52.5 Å². The van der Waals surface area contributed by atoms with Crippen LogP contribution in [0.3, 0.4) is 0 Å². The summed E-state index contributed by atoms with van der Waals surface area (Å²) in [4.78, 5) is 20.1. The fourth-order valence-corrected chi connectivity index (χ4v) is 3.42. The molecule has 0 aliphatic heterocycles. The number of amides is 1. The number of nitrogens with one attached hydrogen (secondary N) is 3. The minimum absolute atomic E-state index is 0.0540. The predicted octanol–water partition coefficient (Wildman–Crippen LogP) is 4.22. The maximum Gasteiger partial charge on any atom is 0.255 e. The van der Waals surface area contributed by atoms with E-state index in [2.05, 4.69) is 34.4 Å². The summed E-state index contributed by atoms with van der Waals surface area (Å²) >= 11 is 0. The van der Waals surface area contributed by atoms with Crippen LogP contribution in [0.2, 0.25) is 0 Å². The second-order valence-corrected chi connectivity index (χ2v) is 7.83. The highest BCUT2D eigenvalue weighted by Gasteiger charge is 2.25. The van der Waals surface area contributed by atoms with Gasteiger partial charge < -0.3 is 20.7 Å². The lowest BCUT2D eigenvalue weighted by Gasteiger charge is -2.28. The SMILES string of the molecule is CCC[C@@](O)(CC)CC[C@H](C)Nc1c(C(=O)NC(C)C)cnc2[nH]ccc12. The Kier molecular flexibility index (Phi) is 7.25. The number of H-pyrrole nitrogens is 1. The van der Waals surface area contributed by atoms with E-state index in [9.17, 15) is 9.90 Å². The van der Waals surface area contributed by atoms with Crippen LogP contribution in [0.5, 0.6) is 0 Å². The van der Waals surface area contributed by atoms with E-state index in [1.54, 1.807) is 6.20 Å². The molecule has 27 heavy (non-hydrogen) atoms. The Hall–Kier alpha value is -2.08. The number of fused-ring (bicyclic) bond motifs is 1. The number of carbonyl (C=O) groups is 1. The average Bonchev–Trinajstić information content (AvgIpc) is 3.09. The number of aliphatic hydroxyl groups is 1. The van der Waals surface area contributed by atoms with Crippen molar-refractivity contribution in [1.82, 2.24) is 15.3 Å². The molecule has 4 N–H and O–H groups in total. The minimum atomic E-state index is -0.607. The van der Waals surface area contributed by atoms with Gasteiger partial charge in [0, 0.05) is 29.9 Å². The third-order valence-electron chi connectivity index (χ3n) is 5.06. The van der Waals surface area contributed by atoms with Crippen molar-refractivity contribution in [1.29, 1.82) is 0 Å². The quantitative estimate of drug-likeness (QED) is 0.501. The highest BCUT2D eigenvalue weighted by Crippen LogP contribution is 2.29. The number of hydrogen-bond donors (Lipinski definition) is 4. The van der Waals surface area contributed by atoms with Crippen molar-refractivity contribution in [3.05, 3.63) is 24.0 Å². The molecule has 0 spiro atoms. The van der Waals surface area contributed by atoms with Crippen LogP contribution in [0.4, 0.5) is 5.69 Å². The number of hydrogen-bond acceptors (Lipinski definition) is 4. The fraction of sp³-hybridized carbons (Fsp3) is 0.619. The lowest BCUT2D eigenvalue weighted by atomic mass is 9.88. The molecule has 2 atom stereocenters. The van der Waals surface area contributed by atoms with Crippen LogP contribution in [0.15, 0.2) is 18.5 Å². The lowest BCUT2D eigenvalue weighted by Crippen LogP contribution is -2.32. The van der Waals surface area contributed by atoms with Crippen LogP contribution in [0.25, 0.3) is 11.0 Å². The summed E-state index contributed by atoms with van der Waals surface area (Å²) in [6, 6.07) is 2.10. The molecule has 2 aromatic rings. The van der Waals surface area contributed by atoms with E-state index in [1.807, 2.05) is 33.0 Å². The molecule has 0 unspecified atom stereocenters. The van der Waals surface area contributed by atoms with Crippen molar-refractivity contribution in [2.45, 2.75) is 84.4 Å². The zero-order valence-corrected chi connectivity index (χ0v) is 17.2.